The predicted molar refractivity (Wildman–Crippen MR) is 88.3 cm³/mol. The van der Waals surface area contributed by atoms with E-state index in [1.165, 1.54) is 10.5 Å². The fourth-order valence-electron chi connectivity index (χ4n) is 3.12. The van der Waals surface area contributed by atoms with E-state index in [1.54, 1.807) is 12.1 Å². The van der Waals surface area contributed by atoms with Crippen LogP contribution >= 0.6 is 0 Å². The molecule has 0 bridgehead atoms. The highest BCUT2D eigenvalue weighted by Crippen LogP contribution is 2.25. The van der Waals surface area contributed by atoms with E-state index in [2.05, 4.69) is 13.0 Å². The lowest BCUT2D eigenvalue weighted by Crippen LogP contribution is -2.40. The van der Waals surface area contributed by atoms with Crippen LogP contribution in [0.4, 0.5) is 0 Å². The number of rotatable bonds is 3. The van der Waals surface area contributed by atoms with Crippen LogP contribution in [0.1, 0.15) is 28.8 Å². The zero-order chi connectivity index (χ0) is 16.4. The molecule has 0 spiro atoms. The minimum Gasteiger partial charge on any atom is -0.480 e. The number of nitrogens with zero attached hydrogens (tertiary/aromatic N) is 1. The number of aliphatic carboxylic acids is 1. The van der Waals surface area contributed by atoms with Gasteiger partial charge in [0.05, 0.1) is 0 Å². The molecule has 2 aromatic carbocycles. The zero-order valence-electron chi connectivity index (χ0n) is 13.0. The second-order valence-electron chi connectivity index (χ2n) is 5.89. The molecule has 0 aliphatic carbocycles. The number of carbonyl (C=O) groups excluding carboxylic acids is 1. The van der Waals surface area contributed by atoms with Crippen LogP contribution in [0.25, 0.3) is 11.1 Å². The molecule has 118 valence electrons. The monoisotopic (exact) mass is 309 g/mol. The van der Waals surface area contributed by atoms with Crippen LogP contribution < -0.4 is 0 Å². The van der Waals surface area contributed by atoms with Gasteiger partial charge < -0.3 is 10.0 Å². The SMILES string of the molecule is Cc1ccccc1-c1ccc(C(=O)N2CCCC2C(=O)O)cc1. The first kappa shape index (κ1) is 15.3. The second kappa shape index (κ2) is 6.24. The highest BCUT2D eigenvalue weighted by molar-refractivity contribution is 5.97. The second-order valence-corrected chi connectivity index (χ2v) is 5.89. The molecule has 1 aliphatic rings. The summed E-state index contributed by atoms with van der Waals surface area (Å²) in [6.45, 7) is 2.56. The van der Waals surface area contributed by atoms with Crippen LogP contribution in [0.2, 0.25) is 0 Å². The average Bonchev–Trinajstić information content (AvgIpc) is 3.05. The van der Waals surface area contributed by atoms with Crippen molar-refractivity contribution in [2.24, 2.45) is 0 Å². The Hall–Kier alpha value is -2.62. The highest BCUT2D eigenvalue weighted by atomic mass is 16.4. The molecule has 3 rings (SSSR count). The molecule has 1 aliphatic heterocycles. The summed E-state index contributed by atoms with van der Waals surface area (Å²) in [4.78, 5) is 25.2. The Morgan fingerprint density at radius 3 is 2.43 bits per heavy atom. The summed E-state index contributed by atoms with van der Waals surface area (Å²) in [6.07, 6.45) is 1.27. The number of likely N-dealkylation sites (tertiary alicyclic amines) is 1. The Morgan fingerprint density at radius 1 is 1.09 bits per heavy atom. The number of hydrogen-bond donors (Lipinski definition) is 1. The van der Waals surface area contributed by atoms with Crippen molar-refractivity contribution in [1.29, 1.82) is 0 Å². The molecule has 0 saturated carbocycles. The lowest BCUT2D eigenvalue weighted by Gasteiger charge is -2.21. The summed E-state index contributed by atoms with van der Waals surface area (Å²) in [6, 6.07) is 14.8. The number of benzene rings is 2. The molecule has 1 saturated heterocycles. The third kappa shape index (κ3) is 2.97. The Balaban J connectivity index is 1.84. The van der Waals surface area contributed by atoms with E-state index in [9.17, 15) is 14.7 Å². The fourth-order valence-corrected chi connectivity index (χ4v) is 3.12. The molecule has 1 amide bonds. The van der Waals surface area contributed by atoms with Crippen LogP contribution in [0.15, 0.2) is 48.5 Å². The van der Waals surface area contributed by atoms with Gasteiger partial charge in [0.1, 0.15) is 6.04 Å². The van der Waals surface area contributed by atoms with Gasteiger partial charge in [-0.2, -0.15) is 0 Å². The standard InChI is InChI=1S/C19H19NO3/c1-13-5-2-3-6-16(13)14-8-10-15(11-9-14)18(21)20-12-4-7-17(20)19(22)23/h2-3,5-6,8-11,17H,4,7,12H2,1H3,(H,22,23). The number of hydrogen-bond acceptors (Lipinski definition) is 2. The van der Waals surface area contributed by atoms with Crippen molar-refractivity contribution in [1.82, 2.24) is 4.90 Å². The molecular formula is C19H19NO3. The number of aryl methyl sites for hydroxylation is 1. The number of carboxylic acids is 1. The molecule has 23 heavy (non-hydrogen) atoms. The van der Waals surface area contributed by atoms with Crippen molar-refractivity contribution in [3.8, 4) is 11.1 Å². The number of carboxylic acid groups (broad SMARTS) is 1. The topological polar surface area (TPSA) is 57.6 Å². The first-order chi connectivity index (χ1) is 11.1. The van der Waals surface area contributed by atoms with Gasteiger partial charge in [0.15, 0.2) is 0 Å². The van der Waals surface area contributed by atoms with E-state index in [-0.39, 0.29) is 5.91 Å². The minimum atomic E-state index is -0.924. The van der Waals surface area contributed by atoms with Crippen LogP contribution in [-0.2, 0) is 4.79 Å². The maximum atomic E-state index is 12.5. The van der Waals surface area contributed by atoms with E-state index in [4.69, 9.17) is 0 Å². The van der Waals surface area contributed by atoms with Crippen molar-refractivity contribution in [3.05, 3.63) is 59.7 Å². The van der Waals surface area contributed by atoms with Crippen LogP contribution in [-0.4, -0.2) is 34.5 Å². The average molecular weight is 309 g/mol. The Morgan fingerprint density at radius 2 is 1.78 bits per heavy atom. The number of carbonyl (C=O) groups is 2. The van der Waals surface area contributed by atoms with Crippen LogP contribution in [0.5, 0.6) is 0 Å². The van der Waals surface area contributed by atoms with Crippen LogP contribution in [0, 0.1) is 6.92 Å². The van der Waals surface area contributed by atoms with Gasteiger partial charge in [-0.1, -0.05) is 36.4 Å². The largest absolute Gasteiger partial charge is 0.480 e. The van der Waals surface area contributed by atoms with Crippen LogP contribution in [0.3, 0.4) is 0 Å². The predicted octanol–water partition coefficient (Wildman–Crippen LogP) is 3.35. The van der Waals surface area contributed by atoms with Gasteiger partial charge in [-0.15, -0.1) is 0 Å². The molecule has 0 radical (unpaired) electrons. The van der Waals surface area contributed by atoms with Crippen molar-refractivity contribution in [2.45, 2.75) is 25.8 Å². The smallest absolute Gasteiger partial charge is 0.326 e. The Labute approximate surface area is 135 Å². The van der Waals surface area contributed by atoms with Crippen molar-refractivity contribution in [2.75, 3.05) is 6.54 Å². The Kier molecular flexibility index (Phi) is 4.15. The van der Waals surface area contributed by atoms with Gasteiger partial charge in [-0.3, -0.25) is 4.79 Å². The summed E-state index contributed by atoms with van der Waals surface area (Å²) in [7, 11) is 0. The third-order valence-corrected chi connectivity index (χ3v) is 4.39. The zero-order valence-corrected chi connectivity index (χ0v) is 13.0. The summed E-state index contributed by atoms with van der Waals surface area (Å²) in [5.41, 5.74) is 3.90. The summed E-state index contributed by atoms with van der Waals surface area (Å²) in [5, 5.41) is 9.21. The first-order valence-corrected chi connectivity index (χ1v) is 7.78. The van der Waals surface area contributed by atoms with Gasteiger partial charge in [0.2, 0.25) is 0 Å². The lowest BCUT2D eigenvalue weighted by molar-refractivity contribution is -0.141. The van der Waals surface area contributed by atoms with Crippen molar-refractivity contribution >= 4 is 11.9 Å². The van der Waals surface area contributed by atoms with Gasteiger partial charge in [0, 0.05) is 12.1 Å². The van der Waals surface area contributed by atoms with E-state index < -0.39 is 12.0 Å². The molecular weight excluding hydrogens is 290 g/mol. The Bertz CT molecular complexity index is 737. The van der Waals surface area contributed by atoms with E-state index in [0.29, 0.717) is 18.5 Å². The molecule has 2 aromatic rings. The van der Waals surface area contributed by atoms with Crippen molar-refractivity contribution in [3.63, 3.8) is 0 Å². The molecule has 4 heteroatoms. The van der Waals surface area contributed by atoms with E-state index in [1.807, 2.05) is 30.3 Å². The van der Waals surface area contributed by atoms with Gasteiger partial charge >= 0.3 is 5.97 Å². The summed E-state index contributed by atoms with van der Waals surface area (Å²) in [5.74, 6) is -1.13. The minimum absolute atomic E-state index is 0.203. The molecule has 1 atom stereocenters. The lowest BCUT2D eigenvalue weighted by atomic mass is 9.99. The van der Waals surface area contributed by atoms with Crippen molar-refractivity contribution < 1.29 is 14.7 Å². The normalized spacial score (nSPS) is 17.3. The number of amides is 1. The van der Waals surface area contributed by atoms with E-state index in [0.717, 1.165) is 17.5 Å². The third-order valence-electron chi connectivity index (χ3n) is 4.39. The maximum absolute atomic E-state index is 12.5. The molecule has 1 heterocycles. The maximum Gasteiger partial charge on any atom is 0.326 e. The van der Waals surface area contributed by atoms with Gasteiger partial charge in [-0.25, -0.2) is 4.79 Å². The first-order valence-electron chi connectivity index (χ1n) is 7.78. The molecule has 1 fully saturated rings. The summed E-state index contributed by atoms with van der Waals surface area (Å²) >= 11 is 0. The highest BCUT2D eigenvalue weighted by Gasteiger charge is 2.34. The van der Waals surface area contributed by atoms with Gasteiger partial charge in [0.25, 0.3) is 5.91 Å². The molecule has 1 N–H and O–H groups in total. The van der Waals surface area contributed by atoms with E-state index >= 15 is 0 Å². The fraction of sp³-hybridized carbons (Fsp3) is 0.263. The molecule has 1 unspecified atom stereocenters. The molecule has 4 nitrogen and oxygen atoms in total. The quantitative estimate of drug-likeness (QED) is 0.946. The molecule has 0 aromatic heterocycles. The van der Waals surface area contributed by atoms with Gasteiger partial charge in [-0.05, 0) is 48.6 Å². The summed E-state index contributed by atoms with van der Waals surface area (Å²) < 4.78 is 0.